The molecule has 2 aromatic rings. The molecule has 0 amide bonds. The molecule has 0 spiro atoms. The normalized spacial score (nSPS) is 12.1. The number of benzene rings is 2. The zero-order chi connectivity index (χ0) is 15.1. The molecule has 0 fully saturated rings. The van der Waals surface area contributed by atoms with E-state index in [0.29, 0.717) is 11.8 Å². The van der Waals surface area contributed by atoms with E-state index in [2.05, 4.69) is 24.4 Å². The standard InChI is InChI=1S/C18H23NO2/c1-3-19-16(12-14-4-8-17(20)9-5-14)13-15-6-10-18(21-2)11-7-15/h4-11,16,19-20H,3,12-13H2,1-2H3. The van der Waals surface area contributed by atoms with Gasteiger partial charge in [-0.2, -0.15) is 0 Å². The van der Waals surface area contributed by atoms with Gasteiger partial charge in [0.25, 0.3) is 0 Å². The van der Waals surface area contributed by atoms with Crippen LogP contribution in [0, 0.1) is 0 Å². The summed E-state index contributed by atoms with van der Waals surface area (Å²) in [6, 6.07) is 16.0. The molecule has 0 bridgehead atoms. The zero-order valence-corrected chi connectivity index (χ0v) is 12.7. The van der Waals surface area contributed by atoms with Gasteiger partial charge in [-0.25, -0.2) is 0 Å². The number of likely N-dealkylation sites (N-methyl/N-ethyl adjacent to an activating group) is 1. The number of ether oxygens (including phenoxy) is 1. The first-order valence-electron chi connectivity index (χ1n) is 7.35. The number of hydrogen-bond acceptors (Lipinski definition) is 3. The Morgan fingerprint density at radius 2 is 1.48 bits per heavy atom. The van der Waals surface area contributed by atoms with Gasteiger partial charge >= 0.3 is 0 Å². The number of methoxy groups -OCH3 is 1. The Bertz CT molecular complexity index is 534. The molecule has 0 radical (unpaired) electrons. The van der Waals surface area contributed by atoms with Crippen molar-refractivity contribution >= 4 is 0 Å². The molecule has 112 valence electrons. The second-order valence-electron chi connectivity index (χ2n) is 5.18. The molecule has 0 aliphatic carbocycles. The lowest BCUT2D eigenvalue weighted by molar-refractivity contribution is 0.414. The van der Waals surface area contributed by atoms with Gasteiger partial charge in [0, 0.05) is 6.04 Å². The van der Waals surface area contributed by atoms with Gasteiger partial charge in [0.05, 0.1) is 7.11 Å². The highest BCUT2D eigenvalue weighted by Gasteiger charge is 2.10. The maximum atomic E-state index is 9.35. The molecule has 0 aliphatic rings. The van der Waals surface area contributed by atoms with Gasteiger partial charge in [-0.3, -0.25) is 0 Å². The van der Waals surface area contributed by atoms with Crippen molar-refractivity contribution in [2.45, 2.75) is 25.8 Å². The topological polar surface area (TPSA) is 41.5 Å². The Morgan fingerprint density at radius 3 is 1.95 bits per heavy atom. The van der Waals surface area contributed by atoms with Gasteiger partial charge in [-0.1, -0.05) is 31.2 Å². The fourth-order valence-corrected chi connectivity index (χ4v) is 2.47. The summed E-state index contributed by atoms with van der Waals surface area (Å²) in [5, 5.41) is 12.9. The van der Waals surface area contributed by atoms with Gasteiger partial charge < -0.3 is 15.2 Å². The van der Waals surface area contributed by atoms with Crippen LogP contribution in [0.1, 0.15) is 18.1 Å². The molecule has 1 unspecified atom stereocenters. The molecule has 2 rings (SSSR count). The van der Waals surface area contributed by atoms with E-state index in [0.717, 1.165) is 25.1 Å². The summed E-state index contributed by atoms with van der Waals surface area (Å²) in [5.74, 6) is 1.20. The van der Waals surface area contributed by atoms with Crippen LogP contribution in [0.4, 0.5) is 0 Å². The van der Waals surface area contributed by atoms with E-state index in [1.807, 2.05) is 24.3 Å². The first kappa shape index (κ1) is 15.4. The van der Waals surface area contributed by atoms with Gasteiger partial charge in [0.15, 0.2) is 0 Å². The van der Waals surface area contributed by atoms with Crippen LogP contribution in [-0.4, -0.2) is 24.8 Å². The summed E-state index contributed by atoms with van der Waals surface area (Å²) < 4.78 is 5.19. The molecule has 0 saturated carbocycles. The molecule has 2 aromatic carbocycles. The monoisotopic (exact) mass is 285 g/mol. The third-order valence-corrected chi connectivity index (χ3v) is 3.55. The molecule has 21 heavy (non-hydrogen) atoms. The first-order valence-corrected chi connectivity index (χ1v) is 7.35. The average Bonchev–Trinajstić information content (AvgIpc) is 2.50. The molecule has 0 heterocycles. The van der Waals surface area contributed by atoms with Gasteiger partial charge in [-0.05, 0) is 54.8 Å². The van der Waals surface area contributed by atoms with Crippen LogP contribution in [0.15, 0.2) is 48.5 Å². The maximum absolute atomic E-state index is 9.35. The van der Waals surface area contributed by atoms with Crippen molar-refractivity contribution in [3.63, 3.8) is 0 Å². The van der Waals surface area contributed by atoms with Crippen molar-refractivity contribution in [2.75, 3.05) is 13.7 Å². The van der Waals surface area contributed by atoms with Crippen molar-refractivity contribution in [1.29, 1.82) is 0 Å². The third kappa shape index (κ3) is 4.80. The van der Waals surface area contributed by atoms with Crippen LogP contribution in [0.3, 0.4) is 0 Å². The Morgan fingerprint density at radius 1 is 0.952 bits per heavy atom. The van der Waals surface area contributed by atoms with E-state index in [9.17, 15) is 5.11 Å². The van der Waals surface area contributed by atoms with Crippen molar-refractivity contribution < 1.29 is 9.84 Å². The van der Waals surface area contributed by atoms with Crippen LogP contribution in [0.5, 0.6) is 11.5 Å². The lowest BCUT2D eigenvalue weighted by atomic mass is 9.99. The molecule has 3 nitrogen and oxygen atoms in total. The van der Waals surface area contributed by atoms with E-state index < -0.39 is 0 Å². The average molecular weight is 285 g/mol. The van der Waals surface area contributed by atoms with E-state index in [-0.39, 0.29) is 0 Å². The van der Waals surface area contributed by atoms with E-state index in [4.69, 9.17) is 4.74 Å². The number of nitrogens with one attached hydrogen (secondary N) is 1. The second kappa shape index (κ2) is 7.70. The molecule has 3 heteroatoms. The summed E-state index contributed by atoms with van der Waals surface area (Å²) in [6.45, 7) is 3.07. The Balaban J connectivity index is 2.02. The lowest BCUT2D eigenvalue weighted by Gasteiger charge is -2.18. The second-order valence-corrected chi connectivity index (χ2v) is 5.18. The Kier molecular flexibility index (Phi) is 5.64. The van der Waals surface area contributed by atoms with E-state index >= 15 is 0 Å². The molecule has 0 aromatic heterocycles. The SMILES string of the molecule is CCNC(Cc1ccc(O)cc1)Cc1ccc(OC)cc1. The summed E-state index contributed by atoms with van der Waals surface area (Å²) >= 11 is 0. The minimum absolute atomic E-state index is 0.314. The van der Waals surface area contributed by atoms with E-state index in [1.165, 1.54) is 11.1 Å². The number of aromatic hydroxyl groups is 1. The first-order chi connectivity index (χ1) is 10.2. The van der Waals surface area contributed by atoms with Crippen LogP contribution in [0.2, 0.25) is 0 Å². The predicted octanol–water partition coefficient (Wildman–Crippen LogP) is 3.16. The van der Waals surface area contributed by atoms with Crippen molar-refractivity contribution in [3.8, 4) is 11.5 Å². The minimum atomic E-state index is 0.314. The molecular formula is C18H23NO2. The van der Waals surface area contributed by atoms with Crippen molar-refractivity contribution in [3.05, 3.63) is 59.7 Å². The summed E-state index contributed by atoms with van der Waals surface area (Å²) in [7, 11) is 1.68. The van der Waals surface area contributed by atoms with Crippen molar-refractivity contribution in [1.82, 2.24) is 5.32 Å². The van der Waals surface area contributed by atoms with Crippen LogP contribution < -0.4 is 10.1 Å². The molecule has 2 N–H and O–H groups in total. The van der Waals surface area contributed by atoms with Gasteiger partial charge in [0.2, 0.25) is 0 Å². The number of hydrogen-bond donors (Lipinski definition) is 2. The minimum Gasteiger partial charge on any atom is -0.508 e. The van der Waals surface area contributed by atoms with Gasteiger partial charge in [0.1, 0.15) is 11.5 Å². The predicted molar refractivity (Wildman–Crippen MR) is 86.0 cm³/mol. The molecule has 1 atom stereocenters. The largest absolute Gasteiger partial charge is 0.508 e. The Labute approximate surface area is 126 Å². The molecular weight excluding hydrogens is 262 g/mol. The highest BCUT2D eigenvalue weighted by Crippen LogP contribution is 2.16. The third-order valence-electron chi connectivity index (χ3n) is 3.55. The highest BCUT2D eigenvalue weighted by molar-refractivity contribution is 5.29. The Hall–Kier alpha value is -2.00. The fraction of sp³-hybridized carbons (Fsp3) is 0.333. The lowest BCUT2D eigenvalue weighted by Crippen LogP contribution is -2.33. The zero-order valence-electron chi connectivity index (χ0n) is 12.7. The van der Waals surface area contributed by atoms with Gasteiger partial charge in [-0.15, -0.1) is 0 Å². The smallest absolute Gasteiger partial charge is 0.118 e. The fourth-order valence-electron chi connectivity index (χ4n) is 2.47. The van der Waals surface area contributed by atoms with Crippen LogP contribution in [-0.2, 0) is 12.8 Å². The van der Waals surface area contributed by atoms with E-state index in [1.54, 1.807) is 19.2 Å². The molecule has 0 aliphatic heterocycles. The van der Waals surface area contributed by atoms with Crippen LogP contribution >= 0.6 is 0 Å². The van der Waals surface area contributed by atoms with Crippen molar-refractivity contribution in [2.24, 2.45) is 0 Å². The number of rotatable bonds is 7. The summed E-state index contributed by atoms with van der Waals surface area (Å²) in [5.41, 5.74) is 2.52. The molecule has 0 saturated heterocycles. The quantitative estimate of drug-likeness (QED) is 0.821. The van der Waals surface area contributed by atoms with Crippen LogP contribution in [0.25, 0.3) is 0 Å². The number of phenols is 1. The summed E-state index contributed by atoms with van der Waals surface area (Å²) in [4.78, 5) is 0. The number of phenolic OH excluding ortho intramolecular Hbond substituents is 1. The summed E-state index contributed by atoms with van der Waals surface area (Å²) in [6.07, 6.45) is 1.92. The maximum Gasteiger partial charge on any atom is 0.118 e. The highest BCUT2D eigenvalue weighted by atomic mass is 16.5.